The second-order valence-electron chi connectivity index (χ2n) is 8.16. The van der Waals surface area contributed by atoms with Gasteiger partial charge in [0.2, 0.25) is 0 Å². The molecule has 36 heavy (non-hydrogen) atoms. The van der Waals surface area contributed by atoms with Crippen molar-refractivity contribution in [2.24, 2.45) is 0 Å². The average molecular weight is 495 g/mol. The Morgan fingerprint density at radius 3 is 2.33 bits per heavy atom. The Morgan fingerprint density at radius 2 is 1.72 bits per heavy atom. The van der Waals surface area contributed by atoms with Crippen molar-refractivity contribution in [1.82, 2.24) is 15.5 Å². The topological polar surface area (TPSA) is 144 Å². The van der Waals surface area contributed by atoms with Gasteiger partial charge >= 0.3 is 18.0 Å². The number of nitrogens with one attached hydrogen (secondary N) is 2. The highest BCUT2D eigenvalue weighted by Crippen LogP contribution is 2.29. The molecule has 0 saturated carbocycles. The van der Waals surface area contributed by atoms with E-state index in [1.54, 1.807) is 50.2 Å². The van der Waals surface area contributed by atoms with Gasteiger partial charge in [0.1, 0.15) is 24.2 Å². The van der Waals surface area contributed by atoms with E-state index < -0.39 is 35.8 Å². The van der Waals surface area contributed by atoms with E-state index in [1.165, 1.54) is 0 Å². The number of amides is 4. The fraction of sp³-hybridized carbons (Fsp3) is 0.320. The number of benzene rings is 1. The smallest absolute Gasteiger partial charge is 0.338 e. The standard InChI is InChI=1S/C25H25N3O8/c1-3-34-24(32)20-17(26-25(33)27-21(20)18-11-10-14(2)36-18)13-35-19(29)9-6-12-28-22(30)15-7-4-5-8-16(15)23(28)31/h4-5,7-8,10-11,21H,3,6,9,12-13H2,1-2H3,(H2,26,27,33). The van der Waals surface area contributed by atoms with Crippen molar-refractivity contribution in [2.45, 2.75) is 32.7 Å². The van der Waals surface area contributed by atoms with Gasteiger partial charge in [0.15, 0.2) is 0 Å². The Bertz CT molecular complexity index is 1230. The third-order valence-electron chi connectivity index (χ3n) is 5.71. The number of imide groups is 1. The van der Waals surface area contributed by atoms with Crippen LogP contribution >= 0.6 is 0 Å². The number of aryl methyl sites for hydroxylation is 1. The lowest BCUT2D eigenvalue weighted by atomic mass is 10.0. The number of furan rings is 1. The maximum Gasteiger partial charge on any atom is 0.338 e. The fourth-order valence-electron chi connectivity index (χ4n) is 4.05. The summed E-state index contributed by atoms with van der Waals surface area (Å²) in [4.78, 5) is 63.3. The van der Waals surface area contributed by atoms with E-state index in [1.807, 2.05) is 0 Å². The Morgan fingerprint density at radius 1 is 1.03 bits per heavy atom. The summed E-state index contributed by atoms with van der Waals surface area (Å²) in [6.07, 6.45) is 0.110. The van der Waals surface area contributed by atoms with Gasteiger partial charge in [-0.25, -0.2) is 9.59 Å². The molecular formula is C25H25N3O8. The Kier molecular flexibility index (Phi) is 7.18. The van der Waals surface area contributed by atoms with Gasteiger partial charge in [0, 0.05) is 13.0 Å². The van der Waals surface area contributed by atoms with Crippen LogP contribution in [0.4, 0.5) is 4.79 Å². The molecular weight excluding hydrogens is 470 g/mol. The largest absolute Gasteiger partial charge is 0.464 e. The third kappa shape index (κ3) is 4.99. The van der Waals surface area contributed by atoms with Crippen LogP contribution in [0.5, 0.6) is 0 Å². The van der Waals surface area contributed by atoms with E-state index in [-0.39, 0.29) is 43.9 Å². The molecule has 3 heterocycles. The van der Waals surface area contributed by atoms with Crippen molar-refractivity contribution in [2.75, 3.05) is 19.8 Å². The zero-order valence-electron chi connectivity index (χ0n) is 19.8. The molecule has 1 atom stereocenters. The van der Waals surface area contributed by atoms with Crippen LogP contribution in [-0.2, 0) is 19.1 Å². The molecule has 2 aliphatic rings. The normalized spacial score (nSPS) is 17.0. The van der Waals surface area contributed by atoms with Crippen molar-refractivity contribution in [1.29, 1.82) is 0 Å². The molecule has 188 valence electrons. The summed E-state index contributed by atoms with van der Waals surface area (Å²) in [6, 6.07) is 8.34. The minimum absolute atomic E-state index is 0.0544. The van der Waals surface area contributed by atoms with Crippen LogP contribution in [0.15, 0.2) is 52.1 Å². The molecule has 2 N–H and O–H groups in total. The van der Waals surface area contributed by atoms with Crippen molar-refractivity contribution in [3.05, 3.63) is 70.3 Å². The van der Waals surface area contributed by atoms with Gasteiger partial charge in [-0.15, -0.1) is 0 Å². The molecule has 11 nitrogen and oxygen atoms in total. The molecule has 0 radical (unpaired) electrons. The lowest BCUT2D eigenvalue weighted by Crippen LogP contribution is -2.47. The van der Waals surface area contributed by atoms with Crippen LogP contribution in [0.1, 0.15) is 58.0 Å². The van der Waals surface area contributed by atoms with Crippen molar-refractivity contribution >= 4 is 29.8 Å². The summed E-state index contributed by atoms with van der Waals surface area (Å²) in [5.74, 6) is -1.20. The molecule has 0 spiro atoms. The van der Waals surface area contributed by atoms with E-state index in [9.17, 15) is 24.0 Å². The molecule has 0 bridgehead atoms. The van der Waals surface area contributed by atoms with E-state index in [0.29, 0.717) is 22.6 Å². The number of hydrogen-bond donors (Lipinski definition) is 2. The fourth-order valence-corrected chi connectivity index (χ4v) is 4.05. The van der Waals surface area contributed by atoms with Gasteiger partial charge in [0.25, 0.3) is 11.8 Å². The summed E-state index contributed by atoms with van der Waals surface area (Å²) < 4.78 is 16.0. The van der Waals surface area contributed by atoms with Crippen molar-refractivity contribution < 1.29 is 37.9 Å². The van der Waals surface area contributed by atoms with Gasteiger partial charge < -0.3 is 24.5 Å². The van der Waals surface area contributed by atoms with Crippen LogP contribution in [0.2, 0.25) is 0 Å². The number of fused-ring (bicyclic) bond motifs is 1. The minimum atomic E-state index is -0.922. The SMILES string of the molecule is CCOC(=O)C1=C(COC(=O)CCCN2C(=O)c3ccccc3C2=O)NC(=O)NC1c1ccc(C)o1. The summed E-state index contributed by atoms with van der Waals surface area (Å²) >= 11 is 0. The van der Waals surface area contributed by atoms with E-state index in [4.69, 9.17) is 13.9 Å². The van der Waals surface area contributed by atoms with Crippen LogP contribution in [0.3, 0.4) is 0 Å². The number of urea groups is 1. The highest BCUT2D eigenvalue weighted by atomic mass is 16.5. The second kappa shape index (κ2) is 10.5. The van der Waals surface area contributed by atoms with Crippen LogP contribution in [0, 0.1) is 6.92 Å². The molecule has 11 heteroatoms. The summed E-state index contributed by atoms with van der Waals surface area (Å²) in [5.41, 5.74) is 0.813. The highest BCUT2D eigenvalue weighted by molar-refractivity contribution is 6.21. The maximum absolute atomic E-state index is 12.7. The summed E-state index contributed by atoms with van der Waals surface area (Å²) in [5, 5.41) is 5.12. The molecule has 2 aliphatic heterocycles. The molecule has 4 amide bonds. The first kappa shape index (κ1) is 24.7. The van der Waals surface area contributed by atoms with Gasteiger partial charge in [-0.3, -0.25) is 19.3 Å². The maximum atomic E-state index is 12.7. The molecule has 1 aromatic carbocycles. The lowest BCUT2D eigenvalue weighted by molar-refractivity contribution is -0.144. The predicted octanol–water partition coefficient (Wildman–Crippen LogP) is 2.38. The number of ether oxygens (including phenoxy) is 2. The van der Waals surface area contributed by atoms with Gasteiger partial charge in [0.05, 0.1) is 29.0 Å². The number of esters is 2. The zero-order chi connectivity index (χ0) is 25.8. The van der Waals surface area contributed by atoms with Crippen LogP contribution < -0.4 is 10.6 Å². The second-order valence-corrected chi connectivity index (χ2v) is 8.16. The molecule has 0 aliphatic carbocycles. The van der Waals surface area contributed by atoms with E-state index in [2.05, 4.69) is 10.6 Å². The molecule has 1 unspecified atom stereocenters. The first-order valence-electron chi connectivity index (χ1n) is 11.4. The summed E-state index contributed by atoms with van der Waals surface area (Å²) in [7, 11) is 0. The Hall–Kier alpha value is -4.41. The highest BCUT2D eigenvalue weighted by Gasteiger charge is 2.36. The molecule has 2 aromatic rings. The van der Waals surface area contributed by atoms with Gasteiger partial charge in [-0.05, 0) is 44.5 Å². The van der Waals surface area contributed by atoms with Crippen LogP contribution in [-0.4, -0.2) is 54.4 Å². The number of carbonyl (C=O) groups excluding carboxylic acids is 5. The number of rotatable bonds is 9. The Labute approximate surface area is 206 Å². The first-order valence-corrected chi connectivity index (χ1v) is 11.4. The molecule has 0 fully saturated rings. The first-order chi connectivity index (χ1) is 17.3. The molecule has 1 aromatic heterocycles. The average Bonchev–Trinajstić information content (AvgIpc) is 3.39. The number of carbonyl (C=O) groups is 5. The zero-order valence-corrected chi connectivity index (χ0v) is 19.8. The van der Waals surface area contributed by atoms with Gasteiger partial charge in [-0.2, -0.15) is 0 Å². The third-order valence-corrected chi connectivity index (χ3v) is 5.71. The Balaban J connectivity index is 1.39. The predicted molar refractivity (Wildman–Crippen MR) is 124 cm³/mol. The van der Waals surface area contributed by atoms with Crippen molar-refractivity contribution in [3.63, 3.8) is 0 Å². The number of hydrogen-bond acceptors (Lipinski definition) is 8. The van der Waals surface area contributed by atoms with Crippen LogP contribution in [0.25, 0.3) is 0 Å². The van der Waals surface area contributed by atoms with E-state index in [0.717, 1.165) is 4.90 Å². The molecule has 4 rings (SSSR count). The van der Waals surface area contributed by atoms with Crippen molar-refractivity contribution in [3.8, 4) is 0 Å². The van der Waals surface area contributed by atoms with E-state index >= 15 is 0 Å². The minimum Gasteiger partial charge on any atom is -0.464 e. The quantitative estimate of drug-likeness (QED) is 0.399. The monoisotopic (exact) mass is 495 g/mol. The van der Waals surface area contributed by atoms with Gasteiger partial charge in [-0.1, -0.05) is 12.1 Å². The number of nitrogens with zero attached hydrogens (tertiary/aromatic N) is 1. The summed E-state index contributed by atoms with van der Waals surface area (Å²) in [6.45, 7) is 3.14. The molecule has 0 saturated heterocycles. The lowest BCUT2D eigenvalue weighted by Gasteiger charge is -2.27.